The van der Waals surface area contributed by atoms with Crippen molar-refractivity contribution in [1.82, 2.24) is 30.4 Å². The number of hydrogen-bond acceptors (Lipinski definition) is 5. The lowest BCUT2D eigenvalue weighted by molar-refractivity contribution is 0.154. The minimum Gasteiger partial charge on any atom is -0.361 e. The lowest BCUT2D eigenvalue weighted by Crippen LogP contribution is -2.47. The maximum Gasteiger partial charge on any atom is 0.317 e. The van der Waals surface area contributed by atoms with Crippen LogP contribution in [0.2, 0.25) is 0 Å². The molecule has 0 bridgehead atoms. The first kappa shape index (κ1) is 17.4. The quantitative estimate of drug-likeness (QED) is 0.898. The molecular formula is C17H26N6O2. The van der Waals surface area contributed by atoms with Crippen LogP contribution in [0.5, 0.6) is 0 Å². The zero-order valence-corrected chi connectivity index (χ0v) is 15.1. The highest BCUT2D eigenvalue weighted by molar-refractivity contribution is 5.75. The highest BCUT2D eigenvalue weighted by Gasteiger charge is 2.27. The lowest BCUT2D eigenvalue weighted by atomic mass is 9.98. The monoisotopic (exact) mass is 346 g/mol. The van der Waals surface area contributed by atoms with Crippen LogP contribution in [-0.4, -0.2) is 44.2 Å². The lowest BCUT2D eigenvalue weighted by Gasteiger charge is -2.33. The first-order chi connectivity index (χ1) is 12.1. The van der Waals surface area contributed by atoms with Crippen molar-refractivity contribution in [3.05, 3.63) is 29.4 Å². The molecule has 2 aromatic rings. The van der Waals surface area contributed by atoms with Gasteiger partial charge in [-0.1, -0.05) is 17.3 Å². The van der Waals surface area contributed by atoms with E-state index in [2.05, 4.69) is 27.7 Å². The number of nitrogens with one attached hydrogen (secondary N) is 1. The Bertz CT molecular complexity index is 677. The maximum absolute atomic E-state index is 12.8. The normalized spacial score (nSPS) is 19.0. The van der Waals surface area contributed by atoms with Gasteiger partial charge in [0.15, 0.2) is 0 Å². The van der Waals surface area contributed by atoms with Crippen molar-refractivity contribution in [1.29, 1.82) is 0 Å². The van der Waals surface area contributed by atoms with E-state index in [0.29, 0.717) is 5.92 Å². The van der Waals surface area contributed by atoms with E-state index in [1.54, 1.807) is 6.20 Å². The summed E-state index contributed by atoms with van der Waals surface area (Å²) >= 11 is 0. The molecular weight excluding hydrogens is 320 g/mol. The average molecular weight is 346 g/mol. The Balaban J connectivity index is 1.61. The molecule has 0 unspecified atom stereocenters. The molecule has 25 heavy (non-hydrogen) atoms. The SMILES string of the molecule is CC[C@H](NC(=O)N1CCC[C@@H](Cn2ccnn2)C1)c1c(C)noc1C. The smallest absolute Gasteiger partial charge is 0.317 e. The number of likely N-dealkylation sites (tertiary alicyclic amines) is 1. The van der Waals surface area contributed by atoms with Gasteiger partial charge in [0, 0.05) is 31.4 Å². The third-order valence-electron chi connectivity index (χ3n) is 4.87. The molecule has 3 rings (SSSR count). The maximum atomic E-state index is 12.8. The second kappa shape index (κ2) is 7.67. The molecule has 2 amide bonds. The summed E-state index contributed by atoms with van der Waals surface area (Å²) in [5.41, 5.74) is 1.83. The Hall–Kier alpha value is -2.38. The van der Waals surface area contributed by atoms with Crippen molar-refractivity contribution in [3.8, 4) is 0 Å². The molecule has 1 N–H and O–H groups in total. The van der Waals surface area contributed by atoms with Gasteiger partial charge in [-0.05, 0) is 39.0 Å². The van der Waals surface area contributed by atoms with Gasteiger partial charge in [-0.3, -0.25) is 4.68 Å². The number of rotatable bonds is 5. The third-order valence-corrected chi connectivity index (χ3v) is 4.87. The van der Waals surface area contributed by atoms with Crippen LogP contribution >= 0.6 is 0 Å². The minimum atomic E-state index is -0.0746. The van der Waals surface area contributed by atoms with E-state index in [0.717, 1.165) is 55.9 Å². The first-order valence-corrected chi connectivity index (χ1v) is 8.90. The molecule has 1 saturated heterocycles. The highest BCUT2D eigenvalue weighted by Crippen LogP contribution is 2.25. The van der Waals surface area contributed by atoms with Crippen LogP contribution in [0.4, 0.5) is 4.79 Å². The number of amides is 2. The molecule has 0 saturated carbocycles. The van der Waals surface area contributed by atoms with E-state index in [-0.39, 0.29) is 12.1 Å². The predicted octanol–water partition coefficient (Wildman–Crippen LogP) is 2.46. The third kappa shape index (κ3) is 4.00. The van der Waals surface area contributed by atoms with E-state index in [1.165, 1.54) is 0 Å². The Morgan fingerprint density at radius 2 is 2.32 bits per heavy atom. The van der Waals surface area contributed by atoms with E-state index < -0.39 is 0 Å². The van der Waals surface area contributed by atoms with Crippen LogP contribution in [-0.2, 0) is 6.54 Å². The Morgan fingerprint density at radius 3 is 2.96 bits per heavy atom. The number of urea groups is 1. The van der Waals surface area contributed by atoms with Gasteiger partial charge in [0.2, 0.25) is 0 Å². The summed E-state index contributed by atoms with van der Waals surface area (Å²) < 4.78 is 7.09. The summed E-state index contributed by atoms with van der Waals surface area (Å²) in [6.45, 7) is 8.18. The molecule has 2 aromatic heterocycles. The fourth-order valence-electron chi connectivity index (χ4n) is 3.60. The number of hydrogen-bond donors (Lipinski definition) is 1. The van der Waals surface area contributed by atoms with Crippen LogP contribution in [0.1, 0.15) is 49.2 Å². The Morgan fingerprint density at radius 1 is 1.48 bits per heavy atom. The van der Waals surface area contributed by atoms with E-state index in [9.17, 15) is 4.79 Å². The summed E-state index contributed by atoms with van der Waals surface area (Å²) in [6, 6.07) is -0.0930. The zero-order valence-electron chi connectivity index (χ0n) is 15.1. The van der Waals surface area contributed by atoms with E-state index >= 15 is 0 Å². The van der Waals surface area contributed by atoms with Crippen LogP contribution < -0.4 is 5.32 Å². The molecule has 1 fully saturated rings. The van der Waals surface area contributed by atoms with Gasteiger partial charge in [-0.25, -0.2) is 4.79 Å². The number of piperidine rings is 1. The minimum absolute atomic E-state index is 0.0184. The molecule has 0 spiro atoms. The van der Waals surface area contributed by atoms with Crippen LogP contribution in [0, 0.1) is 19.8 Å². The molecule has 1 aliphatic heterocycles. The number of carbonyl (C=O) groups excluding carboxylic acids is 1. The van der Waals surface area contributed by atoms with Gasteiger partial charge in [0.05, 0.1) is 17.9 Å². The zero-order chi connectivity index (χ0) is 17.8. The molecule has 3 heterocycles. The second-order valence-electron chi connectivity index (χ2n) is 6.73. The number of aromatic nitrogens is 4. The van der Waals surface area contributed by atoms with Crippen molar-refractivity contribution >= 4 is 6.03 Å². The van der Waals surface area contributed by atoms with Crippen LogP contribution in [0.25, 0.3) is 0 Å². The second-order valence-corrected chi connectivity index (χ2v) is 6.73. The van der Waals surface area contributed by atoms with Gasteiger partial charge in [0.25, 0.3) is 0 Å². The van der Waals surface area contributed by atoms with Gasteiger partial charge < -0.3 is 14.7 Å². The molecule has 136 valence electrons. The van der Waals surface area contributed by atoms with Crippen molar-refractivity contribution in [2.45, 2.75) is 52.6 Å². The molecule has 8 nitrogen and oxygen atoms in total. The average Bonchev–Trinajstić information content (AvgIpc) is 3.23. The van der Waals surface area contributed by atoms with E-state index in [4.69, 9.17) is 4.52 Å². The summed E-state index contributed by atoms with van der Waals surface area (Å²) in [5.74, 6) is 1.17. The van der Waals surface area contributed by atoms with Crippen LogP contribution in [0.15, 0.2) is 16.9 Å². The standard InChI is InChI=1S/C17H26N6O2/c1-4-15(16-12(2)20-25-13(16)3)19-17(24)22-8-5-6-14(10-22)11-23-9-7-18-21-23/h7,9,14-15H,4-6,8,10-11H2,1-3H3,(H,19,24)/t14-,15+/m1/s1. The summed E-state index contributed by atoms with van der Waals surface area (Å²) in [4.78, 5) is 14.7. The highest BCUT2D eigenvalue weighted by atomic mass is 16.5. The molecule has 0 aliphatic carbocycles. The summed E-state index contributed by atoms with van der Waals surface area (Å²) in [6.07, 6.45) is 6.46. The number of aryl methyl sites for hydroxylation is 2. The molecule has 8 heteroatoms. The van der Waals surface area contributed by atoms with Gasteiger partial charge in [-0.2, -0.15) is 0 Å². The number of carbonyl (C=O) groups is 1. The molecule has 0 radical (unpaired) electrons. The number of nitrogens with zero attached hydrogens (tertiary/aromatic N) is 5. The van der Waals surface area contributed by atoms with E-state index in [1.807, 2.05) is 29.6 Å². The Kier molecular flexibility index (Phi) is 5.35. The van der Waals surface area contributed by atoms with Crippen molar-refractivity contribution < 1.29 is 9.32 Å². The van der Waals surface area contributed by atoms with Crippen molar-refractivity contribution in [3.63, 3.8) is 0 Å². The topological polar surface area (TPSA) is 89.1 Å². The molecule has 0 aromatic carbocycles. The van der Waals surface area contributed by atoms with Gasteiger partial charge in [-0.15, -0.1) is 5.10 Å². The largest absolute Gasteiger partial charge is 0.361 e. The summed E-state index contributed by atoms with van der Waals surface area (Å²) in [7, 11) is 0. The summed E-state index contributed by atoms with van der Waals surface area (Å²) in [5, 5.41) is 15.0. The van der Waals surface area contributed by atoms with Crippen molar-refractivity contribution in [2.24, 2.45) is 5.92 Å². The fraction of sp³-hybridized carbons (Fsp3) is 0.647. The van der Waals surface area contributed by atoms with Gasteiger partial charge in [0.1, 0.15) is 5.76 Å². The first-order valence-electron chi connectivity index (χ1n) is 8.90. The molecule has 2 atom stereocenters. The Labute approximate surface area is 147 Å². The van der Waals surface area contributed by atoms with Gasteiger partial charge >= 0.3 is 6.03 Å². The van der Waals surface area contributed by atoms with Crippen LogP contribution in [0.3, 0.4) is 0 Å². The molecule has 1 aliphatic rings. The van der Waals surface area contributed by atoms with Crippen molar-refractivity contribution in [2.75, 3.05) is 13.1 Å². The fourth-order valence-corrected chi connectivity index (χ4v) is 3.60. The predicted molar refractivity (Wildman–Crippen MR) is 91.9 cm³/mol.